The van der Waals surface area contributed by atoms with Gasteiger partial charge in [0.1, 0.15) is 0 Å². The molecular weight excluding hydrogens is 258 g/mol. The Morgan fingerprint density at radius 2 is 1.95 bits per heavy atom. The van der Waals surface area contributed by atoms with Crippen molar-refractivity contribution in [3.05, 3.63) is 0 Å². The van der Waals surface area contributed by atoms with Crippen LogP contribution in [-0.2, 0) is 4.74 Å². The molecule has 4 nitrogen and oxygen atoms in total. The summed E-state index contributed by atoms with van der Waals surface area (Å²) in [4.78, 5) is 2.43. The van der Waals surface area contributed by atoms with Crippen molar-refractivity contribution in [1.82, 2.24) is 15.5 Å². The molecule has 110 valence electrons. The van der Waals surface area contributed by atoms with E-state index in [0.717, 1.165) is 38.0 Å². The summed E-state index contributed by atoms with van der Waals surface area (Å²) < 4.78 is 5.36. The normalized spacial score (nSPS) is 23.8. The zero-order chi connectivity index (χ0) is 13.5. The maximum Gasteiger partial charge on any atom is 0.166 e. The average molecular weight is 285 g/mol. The molecule has 1 heterocycles. The van der Waals surface area contributed by atoms with Crippen molar-refractivity contribution in [3.63, 3.8) is 0 Å². The molecule has 0 radical (unpaired) electrons. The van der Waals surface area contributed by atoms with E-state index in [1.807, 2.05) is 0 Å². The molecule has 2 N–H and O–H groups in total. The Morgan fingerprint density at radius 1 is 1.26 bits per heavy atom. The molecule has 0 spiro atoms. The van der Waals surface area contributed by atoms with Crippen LogP contribution in [0.25, 0.3) is 0 Å². The summed E-state index contributed by atoms with van der Waals surface area (Å²) in [5.41, 5.74) is 0. The molecule has 0 bridgehead atoms. The van der Waals surface area contributed by atoms with E-state index < -0.39 is 0 Å². The number of morpholine rings is 1. The lowest BCUT2D eigenvalue weighted by Crippen LogP contribution is -2.50. The number of hydrogen-bond acceptors (Lipinski definition) is 3. The maximum absolute atomic E-state index is 5.41. The topological polar surface area (TPSA) is 36.5 Å². The highest BCUT2D eigenvalue weighted by Gasteiger charge is 2.17. The minimum absolute atomic E-state index is 0.390. The lowest BCUT2D eigenvalue weighted by Gasteiger charge is -2.31. The van der Waals surface area contributed by atoms with Crippen LogP contribution in [0.2, 0.25) is 0 Å². The van der Waals surface area contributed by atoms with E-state index in [2.05, 4.69) is 22.5 Å². The van der Waals surface area contributed by atoms with E-state index in [4.69, 9.17) is 17.0 Å². The van der Waals surface area contributed by atoms with Gasteiger partial charge in [0.05, 0.1) is 13.2 Å². The van der Waals surface area contributed by atoms with E-state index in [9.17, 15) is 0 Å². The predicted molar refractivity (Wildman–Crippen MR) is 82.5 cm³/mol. The van der Waals surface area contributed by atoms with Crippen molar-refractivity contribution < 1.29 is 4.74 Å². The molecule has 1 aliphatic carbocycles. The number of nitrogens with zero attached hydrogens (tertiary/aromatic N) is 1. The van der Waals surface area contributed by atoms with Crippen molar-refractivity contribution in [2.45, 2.75) is 51.1 Å². The third kappa shape index (κ3) is 5.63. The highest BCUT2D eigenvalue weighted by Crippen LogP contribution is 2.17. The molecule has 2 aliphatic rings. The number of ether oxygens (including phenoxy) is 1. The second kappa shape index (κ2) is 8.02. The van der Waals surface area contributed by atoms with Gasteiger partial charge in [0.2, 0.25) is 0 Å². The van der Waals surface area contributed by atoms with E-state index in [1.54, 1.807) is 0 Å². The quantitative estimate of drug-likeness (QED) is 0.766. The van der Waals surface area contributed by atoms with Crippen LogP contribution in [-0.4, -0.2) is 54.9 Å². The van der Waals surface area contributed by atoms with E-state index >= 15 is 0 Å². The standard InChI is InChI=1S/C14H27N3OS/c1-12(11-17-7-9-18-10-8-17)15-14(19)16-13-5-3-2-4-6-13/h12-13H,2-11H2,1H3,(H2,15,16,19). The van der Waals surface area contributed by atoms with E-state index in [0.29, 0.717) is 12.1 Å². The molecule has 0 amide bonds. The zero-order valence-electron chi connectivity index (χ0n) is 12.0. The van der Waals surface area contributed by atoms with Crippen LogP contribution in [0, 0.1) is 0 Å². The van der Waals surface area contributed by atoms with E-state index in [-0.39, 0.29) is 0 Å². The Bertz CT molecular complexity index is 276. The van der Waals surface area contributed by atoms with E-state index in [1.165, 1.54) is 32.1 Å². The molecule has 0 aromatic carbocycles. The van der Waals surface area contributed by atoms with Crippen molar-refractivity contribution >= 4 is 17.3 Å². The van der Waals surface area contributed by atoms with Crippen molar-refractivity contribution in [1.29, 1.82) is 0 Å². The molecular formula is C14H27N3OS. The first-order valence-corrected chi connectivity index (χ1v) is 8.02. The second-order valence-corrected chi connectivity index (χ2v) is 6.18. The van der Waals surface area contributed by atoms with Gasteiger partial charge in [0.25, 0.3) is 0 Å². The summed E-state index contributed by atoms with van der Waals surface area (Å²) in [5, 5.41) is 7.70. The lowest BCUT2D eigenvalue weighted by atomic mass is 9.96. The Labute approximate surface area is 122 Å². The third-order valence-electron chi connectivity index (χ3n) is 3.95. The first-order valence-electron chi connectivity index (χ1n) is 7.61. The van der Waals surface area contributed by atoms with Crippen LogP contribution in [0.1, 0.15) is 39.0 Å². The van der Waals surface area contributed by atoms with Crippen LogP contribution in [0.15, 0.2) is 0 Å². The van der Waals surface area contributed by atoms with Gasteiger partial charge >= 0.3 is 0 Å². The molecule has 0 aromatic heterocycles. The zero-order valence-corrected chi connectivity index (χ0v) is 12.8. The Hall–Kier alpha value is -0.390. The van der Waals surface area contributed by atoms with Crippen LogP contribution >= 0.6 is 12.2 Å². The van der Waals surface area contributed by atoms with Crippen LogP contribution < -0.4 is 10.6 Å². The molecule has 2 fully saturated rings. The smallest absolute Gasteiger partial charge is 0.166 e. The first kappa shape index (κ1) is 15.0. The molecule has 1 saturated heterocycles. The molecule has 1 saturated carbocycles. The summed E-state index contributed by atoms with van der Waals surface area (Å²) in [6.07, 6.45) is 6.58. The molecule has 1 unspecified atom stereocenters. The van der Waals surface area contributed by atoms with Crippen LogP contribution in [0.4, 0.5) is 0 Å². The summed E-state index contributed by atoms with van der Waals surface area (Å²) in [6, 6.07) is 0.978. The number of hydrogen-bond donors (Lipinski definition) is 2. The summed E-state index contributed by atoms with van der Waals surface area (Å²) in [6.45, 7) is 7.03. The molecule has 19 heavy (non-hydrogen) atoms. The fourth-order valence-electron chi connectivity index (χ4n) is 2.91. The Morgan fingerprint density at radius 3 is 2.63 bits per heavy atom. The monoisotopic (exact) mass is 285 g/mol. The van der Waals surface area contributed by atoms with Crippen molar-refractivity contribution in [3.8, 4) is 0 Å². The van der Waals surface area contributed by atoms with Gasteiger partial charge in [-0.15, -0.1) is 0 Å². The van der Waals surface area contributed by atoms with Gasteiger partial charge in [-0.1, -0.05) is 19.3 Å². The lowest BCUT2D eigenvalue weighted by molar-refractivity contribution is 0.0352. The molecule has 0 aromatic rings. The van der Waals surface area contributed by atoms with Gasteiger partial charge in [-0.2, -0.15) is 0 Å². The molecule has 5 heteroatoms. The van der Waals surface area contributed by atoms with Crippen molar-refractivity contribution in [2.75, 3.05) is 32.8 Å². The minimum atomic E-state index is 0.390. The second-order valence-electron chi connectivity index (χ2n) is 5.77. The fraction of sp³-hybridized carbons (Fsp3) is 0.929. The minimum Gasteiger partial charge on any atom is -0.379 e. The molecule has 1 aliphatic heterocycles. The van der Waals surface area contributed by atoms with Crippen LogP contribution in [0.3, 0.4) is 0 Å². The maximum atomic E-state index is 5.41. The van der Waals surface area contributed by atoms with Gasteiger partial charge in [0, 0.05) is 31.7 Å². The largest absolute Gasteiger partial charge is 0.379 e. The van der Waals surface area contributed by atoms with Gasteiger partial charge in [-0.25, -0.2) is 0 Å². The van der Waals surface area contributed by atoms with Gasteiger partial charge in [-0.05, 0) is 32.0 Å². The highest BCUT2D eigenvalue weighted by atomic mass is 32.1. The number of rotatable bonds is 4. The Balaban J connectivity index is 1.63. The first-order chi connectivity index (χ1) is 9.24. The number of thiocarbonyl (C=S) groups is 1. The van der Waals surface area contributed by atoms with Gasteiger partial charge < -0.3 is 15.4 Å². The summed E-state index contributed by atoms with van der Waals surface area (Å²) >= 11 is 5.41. The SMILES string of the molecule is CC(CN1CCOCC1)NC(=S)NC1CCCCC1. The Kier molecular flexibility index (Phi) is 6.34. The van der Waals surface area contributed by atoms with Crippen molar-refractivity contribution in [2.24, 2.45) is 0 Å². The molecule has 2 rings (SSSR count). The third-order valence-corrected chi connectivity index (χ3v) is 4.19. The summed E-state index contributed by atoms with van der Waals surface area (Å²) in [7, 11) is 0. The van der Waals surface area contributed by atoms with Gasteiger partial charge in [0.15, 0.2) is 5.11 Å². The molecule has 1 atom stereocenters. The fourth-order valence-corrected chi connectivity index (χ4v) is 3.28. The summed E-state index contributed by atoms with van der Waals surface area (Å²) in [5.74, 6) is 0. The predicted octanol–water partition coefficient (Wildman–Crippen LogP) is 1.50. The van der Waals surface area contributed by atoms with Crippen LogP contribution in [0.5, 0.6) is 0 Å². The number of nitrogens with one attached hydrogen (secondary N) is 2. The average Bonchev–Trinajstić information content (AvgIpc) is 2.40. The van der Waals surface area contributed by atoms with Gasteiger partial charge in [-0.3, -0.25) is 4.90 Å². The highest BCUT2D eigenvalue weighted by molar-refractivity contribution is 7.80.